The number of hydrogen-bond acceptors (Lipinski definition) is 1. The van der Waals surface area contributed by atoms with Crippen molar-refractivity contribution in [2.75, 3.05) is 6.54 Å². The van der Waals surface area contributed by atoms with Crippen LogP contribution in [0, 0.1) is 5.82 Å². The van der Waals surface area contributed by atoms with Crippen molar-refractivity contribution in [1.82, 2.24) is 5.32 Å². The first-order valence-electron chi connectivity index (χ1n) is 6.06. The maximum atomic E-state index is 12.9. The molecule has 1 unspecified atom stereocenters. The lowest BCUT2D eigenvalue weighted by Gasteiger charge is -2.20. The standard InChI is InChI=1S/C13H16BrF4N/c1-2-5-19-11(8-13(16,17)18)6-9-3-4-10(15)7-12(9)14/h3-4,7,11,19H,2,5-6,8H2,1H3. The van der Waals surface area contributed by atoms with E-state index in [2.05, 4.69) is 21.2 Å². The number of rotatable bonds is 6. The maximum absolute atomic E-state index is 12.9. The second kappa shape index (κ2) is 7.24. The number of nitrogens with one attached hydrogen (secondary N) is 1. The summed E-state index contributed by atoms with van der Waals surface area (Å²) >= 11 is 3.17. The van der Waals surface area contributed by atoms with E-state index in [1.54, 1.807) is 0 Å². The monoisotopic (exact) mass is 341 g/mol. The zero-order valence-electron chi connectivity index (χ0n) is 10.5. The molecule has 0 saturated heterocycles. The lowest BCUT2D eigenvalue weighted by Crippen LogP contribution is -2.36. The van der Waals surface area contributed by atoms with Crippen LogP contribution in [0.3, 0.4) is 0 Å². The van der Waals surface area contributed by atoms with Gasteiger partial charge in [-0.3, -0.25) is 0 Å². The summed E-state index contributed by atoms with van der Waals surface area (Å²) in [7, 11) is 0. The Labute approximate surface area is 118 Å². The molecule has 108 valence electrons. The first kappa shape index (κ1) is 16.4. The molecule has 19 heavy (non-hydrogen) atoms. The Balaban J connectivity index is 2.75. The van der Waals surface area contributed by atoms with E-state index < -0.39 is 24.5 Å². The lowest BCUT2D eigenvalue weighted by molar-refractivity contribution is -0.139. The van der Waals surface area contributed by atoms with Gasteiger partial charge in [0, 0.05) is 10.5 Å². The summed E-state index contributed by atoms with van der Waals surface area (Å²) in [4.78, 5) is 0. The van der Waals surface area contributed by atoms with Crippen molar-refractivity contribution >= 4 is 15.9 Å². The van der Waals surface area contributed by atoms with Crippen LogP contribution in [0.4, 0.5) is 17.6 Å². The highest BCUT2D eigenvalue weighted by molar-refractivity contribution is 9.10. The Morgan fingerprint density at radius 3 is 2.53 bits per heavy atom. The molecular formula is C13H16BrF4N. The summed E-state index contributed by atoms with van der Waals surface area (Å²) in [6.07, 6.45) is -4.13. The van der Waals surface area contributed by atoms with Gasteiger partial charge in [-0.15, -0.1) is 0 Å². The molecule has 1 nitrogen and oxygen atoms in total. The molecule has 6 heteroatoms. The van der Waals surface area contributed by atoms with Gasteiger partial charge < -0.3 is 5.32 Å². The van der Waals surface area contributed by atoms with Gasteiger partial charge in [0.05, 0.1) is 6.42 Å². The molecule has 0 spiro atoms. The fourth-order valence-corrected chi connectivity index (χ4v) is 2.31. The van der Waals surface area contributed by atoms with Gasteiger partial charge in [-0.05, 0) is 37.1 Å². The second-order valence-corrected chi connectivity index (χ2v) is 5.26. The topological polar surface area (TPSA) is 12.0 Å². The van der Waals surface area contributed by atoms with Gasteiger partial charge in [-0.2, -0.15) is 13.2 Å². The number of benzene rings is 1. The summed E-state index contributed by atoms with van der Waals surface area (Å²) in [5.41, 5.74) is 0.666. The molecule has 1 aromatic rings. The predicted octanol–water partition coefficient (Wildman–Crippen LogP) is 4.45. The van der Waals surface area contributed by atoms with E-state index in [1.807, 2.05) is 6.92 Å². The fraction of sp³-hybridized carbons (Fsp3) is 0.538. The van der Waals surface area contributed by atoms with Crippen LogP contribution in [0.1, 0.15) is 25.3 Å². The minimum Gasteiger partial charge on any atom is -0.313 e. The average molecular weight is 342 g/mol. The Morgan fingerprint density at radius 1 is 1.32 bits per heavy atom. The number of alkyl halides is 3. The minimum atomic E-state index is -4.21. The van der Waals surface area contributed by atoms with Gasteiger partial charge in [-0.1, -0.05) is 28.9 Å². The van der Waals surface area contributed by atoms with E-state index >= 15 is 0 Å². The first-order chi connectivity index (χ1) is 8.81. The Kier molecular flexibility index (Phi) is 6.26. The highest BCUT2D eigenvalue weighted by Crippen LogP contribution is 2.25. The normalized spacial score (nSPS) is 13.6. The van der Waals surface area contributed by atoms with Crippen LogP contribution in [-0.2, 0) is 6.42 Å². The molecule has 0 fully saturated rings. The van der Waals surface area contributed by atoms with Gasteiger partial charge in [-0.25, -0.2) is 4.39 Å². The molecule has 0 aliphatic heterocycles. The van der Waals surface area contributed by atoms with Crippen LogP contribution < -0.4 is 5.32 Å². The van der Waals surface area contributed by atoms with Crippen molar-refractivity contribution in [2.45, 2.75) is 38.4 Å². The molecular weight excluding hydrogens is 326 g/mol. The minimum absolute atomic E-state index is 0.209. The number of halogens is 5. The molecule has 0 aliphatic rings. The van der Waals surface area contributed by atoms with Crippen molar-refractivity contribution < 1.29 is 17.6 Å². The van der Waals surface area contributed by atoms with Crippen LogP contribution in [0.25, 0.3) is 0 Å². The molecule has 1 N–H and O–H groups in total. The second-order valence-electron chi connectivity index (χ2n) is 4.41. The molecule has 0 aromatic heterocycles. The van der Waals surface area contributed by atoms with Gasteiger partial charge >= 0.3 is 6.18 Å². The van der Waals surface area contributed by atoms with Crippen LogP contribution in [-0.4, -0.2) is 18.8 Å². The van der Waals surface area contributed by atoms with Crippen molar-refractivity contribution in [3.63, 3.8) is 0 Å². The number of hydrogen-bond donors (Lipinski definition) is 1. The molecule has 0 heterocycles. The molecule has 1 atom stereocenters. The van der Waals surface area contributed by atoms with Crippen molar-refractivity contribution in [2.24, 2.45) is 0 Å². The first-order valence-corrected chi connectivity index (χ1v) is 6.85. The molecule has 1 aromatic carbocycles. The van der Waals surface area contributed by atoms with Crippen LogP contribution in [0.2, 0.25) is 0 Å². The molecule has 1 rings (SSSR count). The van der Waals surface area contributed by atoms with Gasteiger partial charge in [0.1, 0.15) is 5.82 Å². The summed E-state index contributed by atoms with van der Waals surface area (Å²) in [5.74, 6) is -0.412. The highest BCUT2D eigenvalue weighted by atomic mass is 79.9. The smallest absolute Gasteiger partial charge is 0.313 e. The fourth-order valence-electron chi connectivity index (χ4n) is 1.80. The maximum Gasteiger partial charge on any atom is 0.390 e. The Bertz CT molecular complexity index is 406. The van der Waals surface area contributed by atoms with E-state index in [-0.39, 0.29) is 6.42 Å². The van der Waals surface area contributed by atoms with E-state index in [9.17, 15) is 17.6 Å². The third-order valence-electron chi connectivity index (χ3n) is 2.64. The molecule has 0 radical (unpaired) electrons. The van der Waals surface area contributed by atoms with E-state index in [4.69, 9.17) is 0 Å². The van der Waals surface area contributed by atoms with Crippen molar-refractivity contribution in [1.29, 1.82) is 0 Å². The summed E-state index contributed by atoms with van der Waals surface area (Å²) in [6.45, 7) is 2.42. The quantitative estimate of drug-likeness (QED) is 0.753. The van der Waals surface area contributed by atoms with Crippen LogP contribution in [0.5, 0.6) is 0 Å². The molecule has 0 aliphatic carbocycles. The summed E-state index contributed by atoms with van der Waals surface area (Å²) in [6, 6.07) is 3.34. The molecule has 0 bridgehead atoms. The average Bonchev–Trinajstić information content (AvgIpc) is 2.27. The third kappa shape index (κ3) is 6.38. The summed E-state index contributed by atoms with van der Waals surface area (Å²) in [5, 5.41) is 2.88. The zero-order valence-corrected chi connectivity index (χ0v) is 12.1. The highest BCUT2D eigenvalue weighted by Gasteiger charge is 2.31. The third-order valence-corrected chi connectivity index (χ3v) is 3.38. The van der Waals surface area contributed by atoms with Gasteiger partial charge in [0.2, 0.25) is 0 Å². The Morgan fingerprint density at radius 2 is 2.00 bits per heavy atom. The largest absolute Gasteiger partial charge is 0.390 e. The molecule has 0 saturated carbocycles. The molecule has 0 amide bonds. The van der Waals surface area contributed by atoms with Gasteiger partial charge in [0.15, 0.2) is 0 Å². The summed E-state index contributed by atoms with van der Waals surface area (Å²) < 4.78 is 50.9. The van der Waals surface area contributed by atoms with Gasteiger partial charge in [0.25, 0.3) is 0 Å². The van der Waals surface area contributed by atoms with E-state index in [0.717, 1.165) is 6.42 Å². The van der Waals surface area contributed by atoms with E-state index in [0.29, 0.717) is 16.6 Å². The lowest BCUT2D eigenvalue weighted by atomic mass is 10.0. The Hall–Kier alpha value is -0.620. The SMILES string of the molecule is CCCNC(Cc1ccc(F)cc1Br)CC(F)(F)F. The van der Waals surface area contributed by atoms with E-state index in [1.165, 1.54) is 18.2 Å². The van der Waals surface area contributed by atoms with Crippen LogP contribution in [0.15, 0.2) is 22.7 Å². The van der Waals surface area contributed by atoms with Crippen molar-refractivity contribution in [3.8, 4) is 0 Å². The van der Waals surface area contributed by atoms with Crippen LogP contribution >= 0.6 is 15.9 Å². The van der Waals surface area contributed by atoms with Crippen molar-refractivity contribution in [3.05, 3.63) is 34.1 Å². The predicted molar refractivity (Wildman–Crippen MR) is 70.6 cm³/mol. The zero-order chi connectivity index (χ0) is 14.5.